The highest BCUT2D eigenvalue weighted by molar-refractivity contribution is 7.13. The third kappa shape index (κ3) is 3.29. The van der Waals surface area contributed by atoms with Gasteiger partial charge in [0.1, 0.15) is 0 Å². The number of esters is 1. The van der Waals surface area contributed by atoms with Crippen LogP contribution in [0.4, 0.5) is 0 Å². The highest BCUT2D eigenvalue weighted by atomic mass is 32.1. The second-order valence-corrected chi connectivity index (χ2v) is 8.51. The molecule has 160 valence electrons. The summed E-state index contributed by atoms with van der Waals surface area (Å²) in [4.78, 5) is 35.0. The fraction of sp³-hybridized carbons (Fsp3) is 0.167. The number of aryl methyl sites for hydroxylation is 2. The third-order valence-electron chi connectivity index (χ3n) is 5.40. The van der Waals surface area contributed by atoms with Crippen molar-refractivity contribution < 1.29 is 18.8 Å². The van der Waals surface area contributed by atoms with Crippen molar-refractivity contribution in [2.75, 3.05) is 0 Å². The van der Waals surface area contributed by atoms with Crippen LogP contribution >= 0.6 is 11.3 Å². The fourth-order valence-electron chi connectivity index (χ4n) is 3.88. The second kappa shape index (κ2) is 7.72. The molecule has 0 aliphatic rings. The van der Waals surface area contributed by atoms with Gasteiger partial charge in [-0.3, -0.25) is 4.79 Å². The molecule has 1 unspecified atom stereocenters. The number of H-pyrrole nitrogens is 1. The molecule has 0 saturated heterocycles. The molecule has 1 atom stereocenters. The van der Waals surface area contributed by atoms with Gasteiger partial charge in [0, 0.05) is 22.2 Å². The molecule has 5 rings (SSSR count). The predicted octanol–water partition coefficient (Wildman–Crippen LogP) is 5.48. The molecule has 0 spiro atoms. The number of hydrogen-bond donors (Lipinski definition) is 1. The molecule has 5 aromatic rings. The molecule has 0 fully saturated rings. The first-order chi connectivity index (χ1) is 15.4. The van der Waals surface area contributed by atoms with Gasteiger partial charge in [-0.15, -0.1) is 11.3 Å². The van der Waals surface area contributed by atoms with Crippen LogP contribution in [-0.4, -0.2) is 33.0 Å². The van der Waals surface area contributed by atoms with Crippen LogP contribution in [0.25, 0.3) is 32.6 Å². The number of aromatic nitrogens is 3. The Morgan fingerprint density at radius 2 is 1.97 bits per heavy atom. The van der Waals surface area contributed by atoms with Crippen LogP contribution in [0.1, 0.15) is 39.0 Å². The van der Waals surface area contributed by atoms with Gasteiger partial charge in [-0.1, -0.05) is 29.4 Å². The van der Waals surface area contributed by atoms with Crippen LogP contribution in [0, 0.1) is 13.8 Å². The van der Waals surface area contributed by atoms with Crippen molar-refractivity contribution in [1.29, 1.82) is 0 Å². The molecule has 4 heterocycles. The first-order valence-corrected chi connectivity index (χ1v) is 11.0. The van der Waals surface area contributed by atoms with Crippen LogP contribution < -0.4 is 0 Å². The molecule has 0 bridgehead atoms. The highest BCUT2D eigenvalue weighted by Gasteiger charge is 2.27. The number of aromatic amines is 1. The molecule has 4 aromatic heterocycles. The highest BCUT2D eigenvalue weighted by Crippen LogP contribution is 2.30. The first-order valence-electron chi connectivity index (χ1n) is 10.1. The third-order valence-corrected chi connectivity index (χ3v) is 6.30. The first kappa shape index (κ1) is 20.1. The van der Waals surface area contributed by atoms with Crippen LogP contribution in [0.5, 0.6) is 0 Å². The normalized spacial score (nSPS) is 12.3. The molecule has 1 N–H and O–H groups in total. The Labute approximate surface area is 187 Å². The summed E-state index contributed by atoms with van der Waals surface area (Å²) in [6, 6.07) is 13.0. The van der Waals surface area contributed by atoms with E-state index in [1.165, 1.54) is 11.3 Å². The number of rotatable bonds is 5. The number of fused-ring (bicyclic) bond motifs is 2. The molecular formula is C24H19N3O4S. The molecule has 1 aromatic carbocycles. The van der Waals surface area contributed by atoms with E-state index in [9.17, 15) is 9.59 Å². The Morgan fingerprint density at radius 1 is 1.16 bits per heavy atom. The maximum absolute atomic E-state index is 13.2. The number of para-hydroxylation sites is 1. The van der Waals surface area contributed by atoms with E-state index in [4.69, 9.17) is 9.26 Å². The van der Waals surface area contributed by atoms with E-state index in [1.54, 1.807) is 19.9 Å². The summed E-state index contributed by atoms with van der Waals surface area (Å²) in [6.07, 6.45) is -0.978. The Balaban J connectivity index is 1.50. The van der Waals surface area contributed by atoms with Crippen LogP contribution in [0.15, 0.2) is 52.4 Å². The summed E-state index contributed by atoms with van der Waals surface area (Å²) in [5, 5.41) is 7.16. The summed E-state index contributed by atoms with van der Waals surface area (Å²) in [5.74, 6) is -0.890. The average molecular weight is 446 g/mol. The van der Waals surface area contributed by atoms with Crippen LogP contribution in [-0.2, 0) is 4.74 Å². The van der Waals surface area contributed by atoms with E-state index < -0.39 is 12.1 Å². The van der Waals surface area contributed by atoms with Crippen LogP contribution in [0.2, 0.25) is 0 Å². The lowest BCUT2D eigenvalue weighted by molar-refractivity contribution is 0.0321. The van der Waals surface area contributed by atoms with E-state index >= 15 is 0 Å². The van der Waals surface area contributed by atoms with Gasteiger partial charge in [0.25, 0.3) is 5.71 Å². The molecule has 0 aliphatic carbocycles. The Bertz CT molecular complexity index is 1480. The molecule has 32 heavy (non-hydrogen) atoms. The Hall–Kier alpha value is -3.78. The van der Waals surface area contributed by atoms with Gasteiger partial charge in [-0.05, 0) is 44.4 Å². The van der Waals surface area contributed by atoms with E-state index in [2.05, 4.69) is 15.1 Å². The average Bonchev–Trinajstić information content (AvgIpc) is 3.51. The van der Waals surface area contributed by atoms with Gasteiger partial charge < -0.3 is 14.2 Å². The zero-order chi connectivity index (χ0) is 22.4. The van der Waals surface area contributed by atoms with Crippen molar-refractivity contribution in [2.24, 2.45) is 0 Å². The number of ketones is 1. The maximum atomic E-state index is 13.2. The molecule has 8 heteroatoms. The Morgan fingerprint density at radius 3 is 2.75 bits per heavy atom. The summed E-state index contributed by atoms with van der Waals surface area (Å²) in [6.45, 7) is 5.15. The van der Waals surface area contributed by atoms with Gasteiger partial charge in [0.05, 0.1) is 27.2 Å². The van der Waals surface area contributed by atoms with Crippen molar-refractivity contribution in [1.82, 2.24) is 15.1 Å². The number of Topliss-reactive ketones (excluding diaryl/α,β-unsaturated/α-hetero) is 1. The number of thiophene rings is 1. The standard InChI is InChI=1S/C24H19N3O4S/c1-12-20(15-7-4-5-8-17(15)25-12)22(28)14(3)30-24(29)16-11-18(19-9-6-10-32-19)26-23-21(16)13(2)27-31-23/h4-11,14,25H,1-3H3. The second-order valence-electron chi connectivity index (χ2n) is 7.56. The largest absolute Gasteiger partial charge is 0.451 e. The number of hydrogen-bond acceptors (Lipinski definition) is 7. The molecule has 7 nitrogen and oxygen atoms in total. The maximum Gasteiger partial charge on any atom is 0.339 e. The zero-order valence-corrected chi connectivity index (χ0v) is 18.4. The lowest BCUT2D eigenvalue weighted by Crippen LogP contribution is -2.25. The number of carbonyl (C=O) groups is 2. The lowest BCUT2D eigenvalue weighted by atomic mass is 10.0. The molecule has 0 radical (unpaired) electrons. The van der Waals surface area contributed by atoms with Gasteiger partial charge in [0.2, 0.25) is 5.78 Å². The van der Waals surface area contributed by atoms with E-state index in [0.29, 0.717) is 22.3 Å². The number of nitrogens with zero attached hydrogens (tertiary/aromatic N) is 2. The minimum atomic E-state index is -0.978. The SMILES string of the molecule is Cc1[nH]c2ccccc2c1C(=O)C(C)OC(=O)c1cc(-c2cccs2)nc2onc(C)c12. The monoisotopic (exact) mass is 445 g/mol. The minimum absolute atomic E-state index is 0.256. The molecular weight excluding hydrogens is 426 g/mol. The summed E-state index contributed by atoms with van der Waals surface area (Å²) < 4.78 is 11.0. The van der Waals surface area contributed by atoms with Crippen LogP contribution in [0.3, 0.4) is 0 Å². The molecule has 0 saturated carbocycles. The lowest BCUT2D eigenvalue weighted by Gasteiger charge is -2.13. The summed E-state index contributed by atoms with van der Waals surface area (Å²) >= 11 is 1.50. The van der Waals surface area contributed by atoms with Crippen molar-refractivity contribution in [3.63, 3.8) is 0 Å². The minimum Gasteiger partial charge on any atom is -0.451 e. The van der Waals surface area contributed by atoms with Gasteiger partial charge in [-0.25, -0.2) is 9.78 Å². The number of carbonyl (C=O) groups excluding carboxylic acids is 2. The Kier molecular flexibility index (Phi) is 4.86. The van der Waals surface area contributed by atoms with E-state index in [0.717, 1.165) is 21.5 Å². The van der Waals surface area contributed by atoms with Crippen molar-refractivity contribution >= 4 is 45.1 Å². The molecule has 0 aliphatic heterocycles. The topological polar surface area (TPSA) is 98.1 Å². The van der Waals surface area contributed by atoms with Gasteiger partial charge >= 0.3 is 5.97 Å². The van der Waals surface area contributed by atoms with E-state index in [1.807, 2.05) is 48.7 Å². The smallest absolute Gasteiger partial charge is 0.339 e. The van der Waals surface area contributed by atoms with Gasteiger partial charge in [-0.2, -0.15) is 0 Å². The number of ether oxygens (including phenoxy) is 1. The summed E-state index contributed by atoms with van der Waals surface area (Å²) in [5.41, 5.74) is 3.77. The van der Waals surface area contributed by atoms with Crippen molar-refractivity contribution in [2.45, 2.75) is 26.9 Å². The quantitative estimate of drug-likeness (QED) is 0.284. The number of benzene rings is 1. The zero-order valence-electron chi connectivity index (χ0n) is 17.6. The number of pyridine rings is 1. The fourth-order valence-corrected chi connectivity index (χ4v) is 4.57. The van der Waals surface area contributed by atoms with Gasteiger partial charge in [0.15, 0.2) is 6.10 Å². The molecule has 0 amide bonds. The van der Waals surface area contributed by atoms with E-state index in [-0.39, 0.29) is 17.1 Å². The summed E-state index contributed by atoms with van der Waals surface area (Å²) in [7, 11) is 0. The van der Waals surface area contributed by atoms with Crippen molar-refractivity contribution in [3.8, 4) is 10.6 Å². The predicted molar refractivity (Wildman–Crippen MR) is 122 cm³/mol. The number of nitrogens with one attached hydrogen (secondary N) is 1. The van der Waals surface area contributed by atoms with Crippen molar-refractivity contribution in [3.05, 3.63) is 70.4 Å².